The summed E-state index contributed by atoms with van der Waals surface area (Å²) in [6.07, 6.45) is 2.69. The fourth-order valence-electron chi connectivity index (χ4n) is 1.75. The first-order valence-corrected chi connectivity index (χ1v) is 5.27. The van der Waals surface area contributed by atoms with E-state index in [1.54, 1.807) is 6.92 Å². The van der Waals surface area contributed by atoms with E-state index >= 15 is 0 Å². The minimum absolute atomic E-state index is 0.233. The number of benzene rings is 1. The van der Waals surface area contributed by atoms with Gasteiger partial charge in [-0.15, -0.1) is 0 Å². The average Bonchev–Trinajstić information content (AvgIpc) is 2.16. The number of ketones is 1. The zero-order valence-electron chi connectivity index (χ0n) is 9.26. The van der Waals surface area contributed by atoms with Crippen molar-refractivity contribution in [2.24, 2.45) is 0 Å². The number of carbonyl (C=O) groups excluding carboxylic acids is 1. The highest BCUT2D eigenvalue weighted by Crippen LogP contribution is 2.14. The molecule has 0 aliphatic carbocycles. The molecule has 76 valence electrons. The van der Waals surface area contributed by atoms with Gasteiger partial charge in [0.15, 0.2) is 0 Å². The van der Waals surface area contributed by atoms with Crippen LogP contribution in [0.5, 0.6) is 0 Å². The molecule has 1 heteroatoms. The van der Waals surface area contributed by atoms with Crippen LogP contribution in [0, 0.1) is 0 Å². The van der Waals surface area contributed by atoms with Crippen molar-refractivity contribution in [3.05, 3.63) is 34.9 Å². The molecule has 0 heterocycles. The predicted molar refractivity (Wildman–Crippen MR) is 59.6 cm³/mol. The summed E-state index contributed by atoms with van der Waals surface area (Å²) in [6.45, 7) is 5.96. The first-order valence-electron chi connectivity index (χ1n) is 5.27. The van der Waals surface area contributed by atoms with Crippen LogP contribution in [0.2, 0.25) is 0 Å². The van der Waals surface area contributed by atoms with Gasteiger partial charge in [-0.1, -0.05) is 32.0 Å². The molecule has 0 N–H and O–H groups in total. The fraction of sp³-hybridized carbons (Fsp3) is 0.462. The van der Waals surface area contributed by atoms with Gasteiger partial charge in [-0.3, -0.25) is 4.79 Å². The Hall–Kier alpha value is -1.11. The molecule has 0 aliphatic heterocycles. The minimum atomic E-state index is 0.233. The van der Waals surface area contributed by atoms with Crippen LogP contribution >= 0.6 is 0 Å². The molecule has 1 nitrogen and oxygen atoms in total. The summed E-state index contributed by atoms with van der Waals surface area (Å²) in [5.74, 6) is 0.233. The molecular weight excluding hydrogens is 172 g/mol. The molecule has 0 aliphatic rings. The van der Waals surface area contributed by atoms with E-state index in [1.807, 2.05) is 0 Å². The molecule has 0 bridgehead atoms. The van der Waals surface area contributed by atoms with Gasteiger partial charge in [-0.25, -0.2) is 0 Å². The highest BCUT2D eigenvalue weighted by Gasteiger charge is 2.02. The summed E-state index contributed by atoms with van der Waals surface area (Å²) >= 11 is 0. The normalized spacial score (nSPS) is 10.2. The maximum absolute atomic E-state index is 11.0. The molecule has 0 spiro atoms. The van der Waals surface area contributed by atoms with E-state index in [0.29, 0.717) is 6.42 Å². The monoisotopic (exact) mass is 190 g/mol. The Balaban J connectivity index is 2.95. The van der Waals surface area contributed by atoms with Crippen LogP contribution < -0.4 is 0 Å². The third-order valence-corrected chi connectivity index (χ3v) is 2.49. The summed E-state index contributed by atoms with van der Waals surface area (Å²) in [6, 6.07) is 6.39. The van der Waals surface area contributed by atoms with Crippen LogP contribution in [0.1, 0.15) is 37.5 Å². The van der Waals surface area contributed by atoms with Crippen LogP contribution in [0.3, 0.4) is 0 Å². The molecular formula is C13H18O. The topological polar surface area (TPSA) is 17.1 Å². The van der Waals surface area contributed by atoms with Crippen LogP contribution in [0.25, 0.3) is 0 Å². The SMILES string of the molecule is CCc1ccc(CC(C)=O)cc1CC. The average molecular weight is 190 g/mol. The molecule has 14 heavy (non-hydrogen) atoms. The summed E-state index contributed by atoms with van der Waals surface area (Å²) in [4.78, 5) is 11.0. The largest absolute Gasteiger partial charge is 0.300 e. The number of rotatable bonds is 4. The van der Waals surface area contributed by atoms with Gasteiger partial charge in [0.25, 0.3) is 0 Å². The van der Waals surface area contributed by atoms with Crippen molar-refractivity contribution >= 4 is 5.78 Å². The molecule has 0 radical (unpaired) electrons. The van der Waals surface area contributed by atoms with E-state index in [2.05, 4.69) is 32.0 Å². The van der Waals surface area contributed by atoms with E-state index in [4.69, 9.17) is 0 Å². The van der Waals surface area contributed by atoms with Crippen molar-refractivity contribution in [3.8, 4) is 0 Å². The lowest BCUT2D eigenvalue weighted by atomic mass is 9.98. The van der Waals surface area contributed by atoms with Crippen molar-refractivity contribution in [1.29, 1.82) is 0 Å². The molecule has 0 saturated carbocycles. The number of Topliss-reactive ketones (excluding diaryl/α,β-unsaturated/α-hetero) is 1. The zero-order chi connectivity index (χ0) is 10.6. The van der Waals surface area contributed by atoms with Crippen molar-refractivity contribution in [3.63, 3.8) is 0 Å². The van der Waals surface area contributed by atoms with Gasteiger partial charge in [0.2, 0.25) is 0 Å². The van der Waals surface area contributed by atoms with E-state index in [0.717, 1.165) is 18.4 Å². The molecule has 0 aromatic heterocycles. The lowest BCUT2D eigenvalue weighted by Gasteiger charge is -2.07. The predicted octanol–water partition coefficient (Wildman–Crippen LogP) is 2.94. The number of hydrogen-bond acceptors (Lipinski definition) is 1. The van der Waals surface area contributed by atoms with Gasteiger partial charge in [0.1, 0.15) is 5.78 Å². The molecule has 0 amide bonds. The molecule has 0 fully saturated rings. The smallest absolute Gasteiger partial charge is 0.134 e. The zero-order valence-corrected chi connectivity index (χ0v) is 9.26. The van der Waals surface area contributed by atoms with Gasteiger partial charge in [-0.05, 0) is 36.5 Å². The number of carbonyl (C=O) groups is 1. The lowest BCUT2D eigenvalue weighted by Crippen LogP contribution is -1.99. The molecule has 0 saturated heterocycles. The van der Waals surface area contributed by atoms with Crippen LogP contribution in [0.4, 0.5) is 0 Å². The van der Waals surface area contributed by atoms with Crippen molar-refractivity contribution in [2.75, 3.05) is 0 Å². The summed E-state index contributed by atoms with van der Waals surface area (Å²) in [5.41, 5.74) is 3.93. The Morgan fingerprint density at radius 2 is 1.79 bits per heavy atom. The van der Waals surface area contributed by atoms with Gasteiger partial charge in [0.05, 0.1) is 0 Å². The Labute approximate surface area is 86.1 Å². The second-order valence-electron chi connectivity index (χ2n) is 3.69. The van der Waals surface area contributed by atoms with E-state index in [1.165, 1.54) is 11.1 Å². The highest BCUT2D eigenvalue weighted by molar-refractivity contribution is 5.78. The first-order chi connectivity index (χ1) is 6.67. The third-order valence-electron chi connectivity index (χ3n) is 2.49. The summed E-state index contributed by atoms with van der Waals surface area (Å²) < 4.78 is 0. The van der Waals surface area contributed by atoms with Crippen molar-refractivity contribution in [2.45, 2.75) is 40.0 Å². The number of aryl methyl sites for hydroxylation is 2. The summed E-state index contributed by atoms with van der Waals surface area (Å²) in [7, 11) is 0. The Kier molecular flexibility index (Phi) is 3.87. The van der Waals surface area contributed by atoms with Gasteiger partial charge in [-0.2, -0.15) is 0 Å². The fourth-order valence-corrected chi connectivity index (χ4v) is 1.75. The molecule has 1 aromatic carbocycles. The van der Waals surface area contributed by atoms with Crippen LogP contribution in [0.15, 0.2) is 18.2 Å². The molecule has 1 rings (SSSR count). The Morgan fingerprint density at radius 3 is 2.29 bits per heavy atom. The second-order valence-corrected chi connectivity index (χ2v) is 3.69. The molecule has 1 aromatic rings. The third kappa shape index (κ3) is 2.69. The van der Waals surface area contributed by atoms with Crippen LogP contribution in [-0.2, 0) is 24.1 Å². The molecule has 0 unspecified atom stereocenters. The number of hydrogen-bond donors (Lipinski definition) is 0. The van der Waals surface area contributed by atoms with Crippen molar-refractivity contribution in [1.82, 2.24) is 0 Å². The minimum Gasteiger partial charge on any atom is -0.300 e. The first kappa shape index (κ1) is 11.0. The van der Waals surface area contributed by atoms with Crippen LogP contribution in [-0.4, -0.2) is 5.78 Å². The van der Waals surface area contributed by atoms with Gasteiger partial charge >= 0.3 is 0 Å². The standard InChI is InChI=1S/C13H18O/c1-4-12-7-6-11(8-10(3)14)9-13(12)5-2/h6-7,9H,4-5,8H2,1-3H3. The second kappa shape index (κ2) is 4.94. The quantitative estimate of drug-likeness (QED) is 0.713. The Morgan fingerprint density at radius 1 is 1.14 bits per heavy atom. The van der Waals surface area contributed by atoms with Gasteiger partial charge in [0, 0.05) is 6.42 Å². The Bertz CT molecular complexity index is 326. The van der Waals surface area contributed by atoms with Gasteiger partial charge < -0.3 is 0 Å². The molecule has 0 atom stereocenters. The maximum Gasteiger partial charge on any atom is 0.134 e. The van der Waals surface area contributed by atoms with Crippen molar-refractivity contribution < 1.29 is 4.79 Å². The van der Waals surface area contributed by atoms with E-state index in [9.17, 15) is 4.79 Å². The maximum atomic E-state index is 11.0. The van der Waals surface area contributed by atoms with E-state index in [-0.39, 0.29) is 5.78 Å². The lowest BCUT2D eigenvalue weighted by molar-refractivity contribution is -0.116. The highest BCUT2D eigenvalue weighted by atomic mass is 16.1. The summed E-state index contributed by atoms with van der Waals surface area (Å²) in [5, 5.41) is 0. The van der Waals surface area contributed by atoms with E-state index < -0.39 is 0 Å².